The van der Waals surface area contributed by atoms with Crippen molar-refractivity contribution in [3.8, 4) is 0 Å². The van der Waals surface area contributed by atoms with E-state index in [4.69, 9.17) is 0 Å². The molecule has 0 atom stereocenters. The van der Waals surface area contributed by atoms with Crippen molar-refractivity contribution in [1.82, 2.24) is 0 Å². The molecule has 1 saturated carbocycles. The Balaban J connectivity index is 1.69. The fraction of sp³-hybridized carbons (Fsp3) is 0.350. The van der Waals surface area contributed by atoms with Crippen molar-refractivity contribution < 1.29 is 13.2 Å². The quantitative estimate of drug-likeness (QED) is 0.722. The molecule has 1 aliphatic rings. The van der Waals surface area contributed by atoms with Crippen molar-refractivity contribution in [3.63, 3.8) is 0 Å². The molecular weight excluding hydrogens is 414 g/mol. The second-order valence-electron chi connectivity index (χ2n) is 6.73. The van der Waals surface area contributed by atoms with E-state index < -0.39 is 9.84 Å². The van der Waals surface area contributed by atoms with Crippen LogP contribution in [0.15, 0.2) is 53.0 Å². The van der Waals surface area contributed by atoms with Crippen molar-refractivity contribution in [1.29, 1.82) is 0 Å². The van der Waals surface area contributed by atoms with Gasteiger partial charge in [-0.1, -0.05) is 47.3 Å². The molecule has 0 aromatic heterocycles. The maximum absolute atomic E-state index is 12.7. The summed E-state index contributed by atoms with van der Waals surface area (Å²) in [5.41, 5.74) is 1.87. The van der Waals surface area contributed by atoms with E-state index in [1.807, 2.05) is 12.1 Å². The van der Waals surface area contributed by atoms with Gasteiger partial charge in [-0.15, -0.1) is 0 Å². The Kier molecular flexibility index (Phi) is 6.14. The summed E-state index contributed by atoms with van der Waals surface area (Å²) >= 11 is 3.34. The van der Waals surface area contributed by atoms with Crippen LogP contribution in [0.5, 0.6) is 0 Å². The van der Waals surface area contributed by atoms with Gasteiger partial charge in [-0.3, -0.25) is 4.79 Å². The molecule has 6 heteroatoms. The lowest BCUT2D eigenvalue weighted by Crippen LogP contribution is -2.25. The number of hydrogen-bond donors (Lipinski definition) is 1. The Morgan fingerprint density at radius 1 is 1.04 bits per heavy atom. The minimum Gasteiger partial charge on any atom is -0.322 e. The third-order valence-electron chi connectivity index (χ3n) is 4.72. The van der Waals surface area contributed by atoms with Crippen LogP contribution in [-0.4, -0.2) is 19.6 Å². The molecule has 2 aromatic rings. The van der Waals surface area contributed by atoms with E-state index in [9.17, 15) is 13.2 Å². The highest BCUT2D eigenvalue weighted by molar-refractivity contribution is 9.10. The number of amides is 1. The van der Waals surface area contributed by atoms with Crippen LogP contribution >= 0.6 is 15.9 Å². The van der Waals surface area contributed by atoms with Gasteiger partial charge in [0, 0.05) is 15.7 Å². The first-order chi connectivity index (χ1) is 12.4. The predicted octanol–water partition coefficient (Wildman–Crippen LogP) is 4.95. The van der Waals surface area contributed by atoms with Crippen LogP contribution in [0, 0.1) is 0 Å². The molecule has 1 aliphatic carbocycles. The second-order valence-corrected chi connectivity index (χ2v) is 9.93. The molecule has 1 N–H and O–H groups in total. The zero-order valence-corrected chi connectivity index (χ0v) is 16.9. The molecule has 0 heterocycles. The summed E-state index contributed by atoms with van der Waals surface area (Å²) in [4.78, 5) is 12.3. The number of hydrogen-bond acceptors (Lipinski definition) is 3. The number of halogens is 1. The van der Waals surface area contributed by atoms with Gasteiger partial charge in [-0.2, -0.15) is 0 Å². The van der Waals surface area contributed by atoms with E-state index in [0.717, 1.165) is 36.6 Å². The maximum atomic E-state index is 12.7. The Bertz CT molecular complexity index is 872. The summed E-state index contributed by atoms with van der Waals surface area (Å²) in [6, 6.07) is 14.2. The molecule has 0 saturated heterocycles. The maximum Gasteiger partial charge on any atom is 0.255 e. The monoisotopic (exact) mass is 435 g/mol. The van der Waals surface area contributed by atoms with Crippen LogP contribution in [0.1, 0.15) is 48.0 Å². The fourth-order valence-electron chi connectivity index (χ4n) is 3.32. The van der Waals surface area contributed by atoms with E-state index in [-0.39, 0.29) is 16.9 Å². The van der Waals surface area contributed by atoms with Crippen LogP contribution in [0.3, 0.4) is 0 Å². The van der Waals surface area contributed by atoms with Crippen molar-refractivity contribution in [2.75, 3.05) is 5.32 Å². The van der Waals surface area contributed by atoms with E-state index in [1.165, 1.54) is 0 Å². The molecule has 26 heavy (non-hydrogen) atoms. The summed E-state index contributed by atoms with van der Waals surface area (Å²) in [6.07, 6.45) is 4.65. The van der Waals surface area contributed by atoms with Crippen LogP contribution < -0.4 is 5.32 Å². The van der Waals surface area contributed by atoms with E-state index in [1.54, 1.807) is 36.4 Å². The lowest BCUT2D eigenvalue weighted by atomic mass is 10.0. The van der Waals surface area contributed by atoms with Gasteiger partial charge >= 0.3 is 0 Å². The molecule has 0 radical (unpaired) electrons. The zero-order chi connectivity index (χ0) is 18.6. The molecular formula is C20H22BrNO3S. The molecule has 0 aliphatic heterocycles. The van der Waals surface area contributed by atoms with Crippen molar-refractivity contribution in [2.24, 2.45) is 0 Å². The molecule has 0 unspecified atom stereocenters. The number of sulfone groups is 1. The van der Waals surface area contributed by atoms with Gasteiger partial charge < -0.3 is 5.32 Å². The number of nitrogens with one attached hydrogen (secondary N) is 1. The van der Waals surface area contributed by atoms with Crippen LogP contribution in [0.4, 0.5) is 5.69 Å². The highest BCUT2D eigenvalue weighted by Gasteiger charge is 2.27. The SMILES string of the molecule is O=C(Nc1cccc(CS(=O)(=O)C2CCCCC2)c1)c1ccc(Br)cc1. The van der Waals surface area contributed by atoms with Gasteiger partial charge in [0.05, 0.1) is 11.0 Å². The van der Waals surface area contributed by atoms with Gasteiger partial charge in [-0.25, -0.2) is 8.42 Å². The molecule has 1 amide bonds. The molecule has 1 fully saturated rings. The Morgan fingerprint density at radius 2 is 1.73 bits per heavy atom. The standard InChI is InChI=1S/C20H22BrNO3S/c21-17-11-9-16(10-12-17)20(23)22-18-6-4-5-15(13-18)14-26(24,25)19-7-2-1-3-8-19/h4-6,9-13,19H,1-3,7-8,14H2,(H,22,23). The third kappa shape index (κ3) is 4.95. The number of rotatable bonds is 5. The first kappa shape index (κ1) is 19.1. The van der Waals surface area contributed by atoms with Crippen molar-refractivity contribution in [2.45, 2.75) is 43.1 Å². The van der Waals surface area contributed by atoms with Crippen LogP contribution in [0.2, 0.25) is 0 Å². The fourth-order valence-corrected chi connectivity index (χ4v) is 5.51. The first-order valence-electron chi connectivity index (χ1n) is 8.81. The molecule has 138 valence electrons. The summed E-state index contributed by atoms with van der Waals surface area (Å²) < 4.78 is 26.2. The van der Waals surface area contributed by atoms with E-state index in [0.29, 0.717) is 16.8 Å². The summed E-state index contributed by atoms with van der Waals surface area (Å²) in [7, 11) is -3.16. The largest absolute Gasteiger partial charge is 0.322 e. The normalized spacial score (nSPS) is 15.6. The summed E-state index contributed by atoms with van der Waals surface area (Å²) in [6.45, 7) is 0. The first-order valence-corrected chi connectivity index (χ1v) is 11.3. The second kappa shape index (κ2) is 8.35. The van der Waals surface area contributed by atoms with Gasteiger partial charge in [0.25, 0.3) is 5.91 Å². The average molecular weight is 436 g/mol. The molecule has 0 spiro atoms. The van der Waals surface area contributed by atoms with Gasteiger partial charge in [0.2, 0.25) is 0 Å². The molecule has 4 nitrogen and oxygen atoms in total. The number of benzene rings is 2. The number of carbonyl (C=O) groups excluding carboxylic acids is 1. The van der Waals surface area contributed by atoms with Gasteiger partial charge in [0.1, 0.15) is 0 Å². The number of anilines is 1. The lowest BCUT2D eigenvalue weighted by Gasteiger charge is -2.21. The Morgan fingerprint density at radius 3 is 2.42 bits per heavy atom. The highest BCUT2D eigenvalue weighted by atomic mass is 79.9. The molecule has 2 aromatic carbocycles. The van der Waals surface area contributed by atoms with Crippen LogP contribution in [0.25, 0.3) is 0 Å². The molecule has 3 rings (SSSR count). The van der Waals surface area contributed by atoms with Crippen molar-refractivity contribution >= 4 is 37.4 Å². The Labute approximate surface area is 163 Å². The minimum absolute atomic E-state index is 0.0274. The Hall–Kier alpha value is -1.66. The summed E-state index contributed by atoms with van der Waals surface area (Å²) in [5.74, 6) is -0.190. The van der Waals surface area contributed by atoms with E-state index >= 15 is 0 Å². The van der Waals surface area contributed by atoms with Crippen LogP contribution in [-0.2, 0) is 15.6 Å². The lowest BCUT2D eigenvalue weighted by molar-refractivity contribution is 0.102. The van der Waals surface area contributed by atoms with Gasteiger partial charge in [0.15, 0.2) is 9.84 Å². The topological polar surface area (TPSA) is 63.2 Å². The zero-order valence-electron chi connectivity index (χ0n) is 14.4. The minimum atomic E-state index is -3.16. The predicted molar refractivity (Wildman–Crippen MR) is 108 cm³/mol. The third-order valence-corrected chi connectivity index (χ3v) is 7.47. The molecule has 0 bridgehead atoms. The number of carbonyl (C=O) groups is 1. The van der Waals surface area contributed by atoms with Gasteiger partial charge in [-0.05, 0) is 54.8 Å². The highest BCUT2D eigenvalue weighted by Crippen LogP contribution is 2.26. The average Bonchev–Trinajstić information content (AvgIpc) is 2.63. The summed E-state index contributed by atoms with van der Waals surface area (Å²) in [5, 5.41) is 2.61. The van der Waals surface area contributed by atoms with E-state index in [2.05, 4.69) is 21.2 Å². The van der Waals surface area contributed by atoms with Crippen molar-refractivity contribution in [3.05, 3.63) is 64.1 Å². The smallest absolute Gasteiger partial charge is 0.255 e.